The van der Waals surface area contributed by atoms with Crippen molar-refractivity contribution in [2.75, 3.05) is 13.2 Å². The van der Waals surface area contributed by atoms with E-state index in [9.17, 15) is 4.79 Å². The Morgan fingerprint density at radius 3 is 2.71 bits per heavy atom. The molecule has 2 aromatic carbocycles. The van der Waals surface area contributed by atoms with Crippen molar-refractivity contribution in [1.29, 1.82) is 0 Å². The number of epoxide rings is 1. The van der Waals surface area contributed by atoms with Crippen LogP contribution >= 0.6 is 0 Å². The lowest BCUT2D eigenvalue weighted by atomic mass is 10.1. The molecule has 3 aromatic rings. The maximum absolute atomic E-state index is 12.3. The normalized spacial score (nSPS) is 16.2. The molecule has 0 spiro atoms. The minimum absolute atomic E-state index is 0.0486. The van der Waals surface area contributed by atoms with Crippen molar-refractivity contribution in [3.05, 3.63) is 64.8 Å². The quantitative estimate of drug-likeness (QED) is 0.508. The average Bonchev–Trinajstić information content (AvgIpc) is 3.43. The molecule has 1 unspecified atom stereocenters. The monoisotopic (exact) mass is 322 g/mol. The molecular formula is C20H18O4. The second-order valence-electron chi connectivity index (χ2n) is 5.94. The van der Waals surface area contributed by atoms with E-state index >= 15 is 0 Å². The van der Waals surface area contributed by atoms with Crippen LogP contribution < -0.4 is 10.2 Å². The van der Waals surface area contributed by atoms with Gasteiger partial charge >= 0.3 is 0 Å². The van der Waals surface area contributed by atoms with Crippen LogP contribution in [0, 0.1) is 0 Å². The van der Waals surface area contributed by atoms with Crippen LogP contribution in [0.3, 0.4) is 0 Å². The van der Waals surface area contributed by atoms with E-state index in [-0.39, 0.29) is 5.43 Å². The first-order chi connectivity index (χ1) is 11.8. The molecule has 0 aliphatic carbocycles. The van der Waals surface area contributed by atoms with E-state index in [1.165, 1.54) is 6.07 Å². The molecule has 0 saturated carbocycles. The van der Waals surface area contributed by atoms with Crippen LogP contribution in [0.25, 0.3) is 22.3 Å². The van der Waals surface area contributed by atoms with Crippen molar-refractivity contribution in [2.24, 2.45) is 0 Å². The minimum Gasteiger partial charge on any atom is -0.493 e. The van der Waals surface area contributed by atoms with E-state index in [1.807, 2.05) is 36.4 Å². The Morgan fingerprint density at radius 1 is 1.08 bits per heavy atom. The summed E-state index contributed by atoms with van der Waals surface area (Å²) in [6.45, 7) is 1.51. The predicted octanol–water partition coefficient (Wildman–Crippen LogP) is 4.02. The molecule has 0 amide bonds. The molecule has 24 heavy (non-hydrogen) atoms. The summed E-state index contributed by atoms with van der Waals surface area (Å²) in [4.78, 5) is 12.3. The molecule has 0 N–H and O–H groups in total. The van der Waals surface area contributed by atoms with E-state index in [2.05, 4.69) is 0 Å². The van der Waals surface area contributed by atoms with Gasteiger partial charge in [0.2, 0.25) is 0 Å². The fourth-order valence-electron chi connectivity index (χ4n) is 2.71. The van der Waals surface area contributed by atoms with Gasteiger partial charge in [-0.3, -0.25) is 4.79 Å². The van der Waals surface area contributed by atoms with E-state index < -0.39 is 0 Å². The van der Waals surface area contributed by atoms with Gasteiger partial charge < -0.3 is 13.9 Å². The highest BCUT2D eigenvalue weighted by Gasteiger charge is 2.21. The van der Waals surface area contributed by atoms with Gasteiger partial charge in [-0.2, -0.15) is 0 Å². The molecular weight excluding hydrogens is 304 g/mol. The third-order valence-corrected chi connectivity index (χ3v) is 4.10. The Morgan fingerprint density at radius 2 is 1.92 bits per heavy atom. The second kappa shape index (κ2) is 6.49. The second-order valence-corrected chi connectivity index (χ2v) is 5.94. The van der Waals surface area contributed by atoms with E-state index in [4.69, 9.17) is 13.9 Å². The fourth-order valence-corrected chi connectivity index (χ4v) is 2.71. The molecule has 0 bridgehead atoms. The summed E-state index contributed by atoms with van der Waals surface area (Å²) in [6, 6.07) is 16.5. The lowest BCUT2D eigenvalue weighted by Gasteiger charge is -2.07. The Hall–Kier alpha value is -2.59. The third-order valence-electron chi connectivity index (χ3n) is 4.10. The molecule has 4 heteroatoms. The Balaban J connectivity index is 1.58. The van der Waals surface area contributed by atoms with Crippen molar-refractivity contribution >= 4 is 11.0 Å². The highest BCUT2D eigenvalue weighted by Crippen LogP contribution is 2.25. The number of rotatable bonds is 6. The summed E-state index contributed by atoms with van der Waals surface area (Å²) >= 11 is 0. The highest BCUT2D eigenvalue weighted by molar-refractivity contribution is 5.80. The number of ether oxygens (including phenoxy) is 2. The van der Waals surface area contributed by atoms with Gasteiger partial charge in [0, 0.05) is 17.7 Å². The van der Waals surface area contributed by atoms with Crippen molar-refractivity contribution in [3.63, 3.8) is 0 Å². The summed E-state index contributed by atoms with van der Waals surface area (Å²) in [5.41, 5.74) is 1.38. The average molecular weight is 322 g/mol. The van der Waals surface area contributed by atoms with Gasteiger partial charge in [-0.25, -0.2) is 0 Å². The van der Waals surface area contributed by atoms with Crippen molar-refractivity contribution in [2.45, 2.75) is 18.9 Å². The molecule has 4 nitrogen and oxygen atoms in total. The number of hydrogen-bond acceptors (Lipinski definition) is 4. The third kappa shape index (κ3) is 3.34. The van der Waals surface area contributed by atoms with E-state index in [0.717, 1.165) is 25.0 Å². The van der Waals surface area contributed by atoms with Gasteiger partial charge in [0.15, 0.2) is 5.43 Å². The van der Waals surface area contributed by atoms with Gasteiger partial charge in [-0.05, 0) is 25.0 Å². The molecule has 1 aliphatic heterocycles. The van der Waals surface area contributed by atoms with Crippen LogP contribution in [0.2, 0.25) is 0 Å². The number of benzene rings is 2. The van der Waals surface area contributed by atoms with Crippen LogP contribution in [-0.4, -0.2) is 19.3 Å². The van der Waals surface area contributed by atoms with Crippen molar-refractivity contribution < 1.29 is 13.9 Å². The standard InChI is InChI=1S/C20H18O4/c21-18-12-19(14-5-2-1-3-6-14)24-20-11-15(8-9-17(18)20)22-10-4-7-16-13-23-16/h1-3,5-6,8-9,11-12,16H,4,7,10,13H2. The van der Waals surface area contributed by atoms with Gasteiger partial charge in [0.1, 0.15) is 17.1 Å². The highest BCUT2D eigenvalue weighted by atomic mass is 16.6. The lowest BCUT2D eigenvalue weighted by molar-refractivity contribution is 0.294. The zero-order chi connectivity index (χ0) is 16.4. The van der Waals surface area contributed by atoms with Crippen LogP contribution in [0.15, 0.2) is 63.8 Å². The molecule has 1 aromatic heterocycles. The zero-order valence-corrected chi connectivity index (χ0v) is 13.2. The first kappa shape index (κ1) is 15.0. The predicted molar refractivity (Wildman–Crippen MR) is 92.4 cm³/mol. The molecule has 2 heterocycles. The molecule has 122 valence electrons. The van der Waals surface area contributed by atoms with Gasteiger partial charge in [0.25, 0.3) is 0 Å². The van der Waals surface area contributed by atoms with Crippen LogP contribution in [0.1, 0.15) is 12.8 Å². The molecule has 1 fully saturated rings. The first-order valence-corrected chi connectivity index (χ1v) is 8.17. The van der Waals surface area contributed by atoms with Crippen LogP contribution in [-0.2, 0) is 4.74 Å². The molecule has 0 radical (unpaired) electrons. The topological polar surface area (TPSA) is 52.0 Å². The number of hydrogen-bond donors (Lipinski definition) is 0. The molecule has 1 saturated heterocycles. The molecule has 4 rings (SSSR count). The van der Waals surface area contributed by atoms with Gasteiger partial charge in [0.05, 0.1) is 24.7 Å². The zero-order valence-electron chi connectivity index (χ0n) is 13.2. The van der Waals surface area contributed by atoms with Crippen molar-refractivity contribution in [3.8, 4) is 17.1 Å². The number of fused-ring (bicyclic) bond motifs is 1. The van der Waals surface area contributed by atoms with Crippen molar-refractivity contribution in [1.82, 2.24) is 0 Å². The Kier molecular flexibility index (Phi) is 4.05. The lowest BCUT2D eigenvalue weighted by Crippen LogP contribution is -2.02. The Labute approximate surface area is 139 Å². The maximum atomic E-state index is 12.3. The fraction of sp³-hybridized carbons (Fsp3) is 0.250. The minimum atomic E-state index is -0.0486. The summed E-state index contributed by atoms with van der Waals surface area (Å²) < 4.78 is 16.9. The maximum Gasteiger partial charge on any atom is 0.193 e. The molecule has 1 atom stereocenters. The summed E-state index contributed by atoms with van der Waals surface area (Å²) in [7, 11) is 0. The van der Waals surface area contributed by atoms with E-state index in [1.54, 1.807) is 12.1 Å². The van der Waals surface area contributed by atoms with Crippen LogP contribution in [0.4, 0.5) is 0 Å². The van der Waals surface area contributed by atoms with Gasteiger partial charge in [-0.15, -0.1) is 0 Å². The van der Waals surface area contributed by atoms with E-state index in [0.29, 0.717) is 35.2 Å². The summed E-state index contributed by atoms with van der Waals surface area (Å²) in [5, 5.41) is 0.563. The largest absolute Gasteiger partial charge is 0.493 e. The first-order valence-electron chi connectivity index (χ1n) is 8.17. The smallest absolute Gasteiger partial charge is 0.193 e. The van der Waals surface area contributed by atoms with Gasteiger partial charge in [-0.1, -0.05) is 30.3 Å². The van der Waals surface area contributed by atoms with Crippen LogP contribution in [0.5, 0.6) is 5.75 Å². The molecule has 1 aliphatic rings. The summed E-state index contributed by atoms with van der Waals surface area (Å²) in [5.74, 6) is 1.28. The SMILES string of the molecule is O=c1cc(-c2ccccc2)oc2cc(OCCCC3CO3)ccc12. The Bertz CT molecular complexity index is 894. The summed E-state index contributed by atoms with van der Waals surface area (Å²) in [6.07, 6.45) is 2.41.